The zero-order valence-electron chi connectivity index (χ0n) is 14.0. The van der Waals surface area contributed by atoms with Crippen LogP contribution in [0, 0.1) is 0 Å². The van der Waals surface area contributed by atoms with Gasteiger partial charge in [-0.15, -0.1) is 11.8 Å². The summed E-state index contributed by atoms with van der Waals surface area (Å²) in [6.45, 7) is -0.281. The number of carbonyl (C=O) groups excluding carboxylic acids is 2. The fraction of sp³-hybridized carbons (Fsp3) is 0.158. The molecule has 0 saturated carbocycles. The molecule has 0 spiro atoms. The highest BCUT2D eigenvalue weighted by Gasteiger charge is 2.31. The number of anilines is 1. The van der Waals surface area contributed by atoms with Crippen molar-refractivity contribution in [3.05, 3.63) is 71.1 Å². The number of hydrogen-bond acceptors (Lipinski definition) is 3. The van der Waals surface area contributed by atoms with Crippen LogP contribution in [0.25, 0.3) is 5.70 Å². The first-order chi connectivity index (χ1) is 12.8. The molecule has 3 rings (SSSR count). The Labute approximate surface area is 158 Å². The lowest BCUT2D eigenvalue weighted by Crippen LogP contribution is -2.39. The van der Waals surface area contributed by atoms with Crippen LogP contribution in [0.3, 0.4) is 0 Å². The van der Waals surface area contributed by atoms with Gasteiger partial charge in [-0.3, -0.25) is 9.59 Å². The van der Waals surface area contributed by atoms with Crippen LogP contribution in [0.2, 0.25) is 0 Å². The van der Waals surface area contributed by atoms with Crippen LogP contribution < -0.4 is 5.32 Å². The minimum absolute atomic E-state index is 0.0268. The number of hydrogen-bond donors (Lipinski definition) is 1. The van der Waals surface area contributed by atoms with E-state index in [1.165, 1.54) is 28.8 Å². The lowest BCUT2D eigenvalue weighted by molar-refractivity contribution is -0.137. The molecule has 4 nitrogen and oxygen atoms in total. The molecule has 0 saturated heterocycles. The van der Waals surface area contributed by atoms with Crippen molar-refractivity contribution < 1.29 is 22.8 Å². The fourth-order valence-electron chi connectivity index (χ4n) is 2.59. The normalized spacial score (nSPS) is 14.7. The average molecular weight is 392 g/mol. The molecule has 2 aromatic rings. The Kier molecular flexibility index (Phi) is 5.55. The summed E-state index contributed by atoms with van der Waals surface area (Å²) in [6.07, 6.45) is -4.50. The van der Waals surface area contributed by atoms with E-state index in [2.05, 4.69) is 5.32 Å². The maximum Gasteiger partial charge on any atom is 0.416 e. The molecule has 0 fully saturated rings. The smallest absolute Gasteiger partial charge is 0.325 e. The molecule has 0 aliphatic carbocycles. The number of carbonyl (C=O) groups is 2. The van der Waals surface area contributed by atoms with E-state index in [4.69, 9.17) is 0 Å². The Balaban J connectivity index is 1.75. The molecule has 0 radical (unpaired) electrons. The van der Waals surface area contributed by atoms with Gasteiger partial charge in [-0.05, 0) is 29.2 Å². The van der Waals surface area contributed by atoms with E-state index in [9.17, 15) is 22.8 Å². The zero-order chi connectivity index (χ0) is 19.4. The summed E-state index contributed by atoms with van der Waals surface area (Å²) in [4.78, 5) is 26.0. The highest BCUT2D eigenvalue weighted by atomic mass is 32.2. The Morgan fingerprint density at radius 2 is 1.85 bits per heavy atom. The number of alkyl halides is 3. The van der Waals surface area contributed by atoms with Gasteiger partial charge in [0.15, 0.2) is 0 Å². The molecule has 0 atom stereocenters. The van der Waals surface area contributed by atoms with Crippen LogP contribution in [-0.2, 0) is 15.8 Å². The Hall–Kier alpha value is -2.74. The molecule has 140 valence electrons. The summed E-state index contributed by atoms with van der Waals surface area (Å²) in [5.41, 5.74) is 0.551. The summed E-state index contributed by atoms with van der Waals surface area (Å²) >= 11 is 1.34. The van der Waals surface area contributed by atoms with Gasteiger partial charge in [0, 0.05) is 5.69 Å². The van der Waals surface area contributed by atoms with Crippen molar-refractivity contribution in [3.63, 3.8) is 0 Å². The third kappa shape index (κ3) is 4.71. The molecule has 1 N–H and O–H groups in total. The molecule has 8 heteroatoms. The molecule has 1 aliphatic rings. The van der Waals surface area contributed by atoms with Gasteiger partial charge in [-0.1, -0.05) is 36.4 Å². The van der Waals surface area contributed by atoms with Crippen molar-refractivity contribution in [2.75, 3.05) is 17.6 Å². The number of amides is 2. The van der Waals surface area contributed by atoms with Crippen molar-refractivity contribution >= 4 is 35.0 Å². The molecule has 2 aromatic carbocycles. The number of nitrogens with one attached hydrogen (secondary N) is 1. The zero-order valence-corrected chi connectivity index (χ0v) is 14.8. The first kappa shape index (κ1) is 19.0. The Morgan fingerprint density at radius 1 is 1.11 bits per heavy atom. The van der Waals surface area contributed by atoms with E-state index >= 15 is 0 Å². The van der Waals surface area contributed by atoms with E-state index < -0.39 is 17.6 Å². The molecular weight excluding hydrogens is 377 g/mol. The number of rotatable bonds is 4. The summed E-state index contributed by atoms with van der Waals surface area (Å²) in [5, 5.41) is 4.23. The number of benzene rings is 2. The molecule has 0 aromatic heterocycles. The molecule has 0 bridgehead atoms. The van der Waals surface area contributed by atoms with Gasteiger partial charge in [0.05, 0.1) is 17.0 Å². The fourth-order valence-corrected chi connectivity index (χ4v) is 3.39. The van der Waals surface area contributed by atoms with Gasteiger partial charge in [0.25, 0.3) is 0 Å². The summed E-state index contributed by atoms with van der Waals surface area (Å²) < 4.78 is 38.4. The van der Waals surface area contributed by atoms with Crippen LogP contribution in [-0.4, -0.2) is 29.0 Å². The van der Waals surface area contributed by atoms with Gasteiger partial charge in [-0.2, -0.15) is 13.2 Å². The minimum atomic E-state index is -4.50. The molecular formula is C19H15F3N2O2S. The lowest BCUT2D eigenvalue weighted by Gasteiger charge is -2.28. The summed E-state index contributed by atoms with van der Waals surface area (Å²) in [7, 11) is 0. The SMILES string of the molecule is O=C(CN1C(=O)CSC=C1c1ccccc1)Nc1cccc(C(F)(F)F)c1. The van der Waals surface area contributed by atoms with Gasteiger partial charge in [0.1, 0.15) is 6.54 Å². The van der Waals surface area contributed by atoms with Gasteiger partial charge in [0.2, 0.25) is 11.8 Å². The summed E-state index contributed by atoms with van der Waals surface area (Å²) in [5.74, 6) is -0.607. The van der Waals surface area contributed by atoms with Crippen LogP contribution in [0.4, 0.5) is 18.9 Å². The maximum absolute atomic E-state index is 12.8. The van der Waals surface area contributed by atoms with E-state index in [-0.39, 0.29) is 23.9 Å². The first-order valence-electron chi connectivity index (χ1n) is 7.99. The third-order valence-electron chi connectivity index (χ3n) is 3.84. The van der Waals surface area contributed by atoms with Gasteiger partial charge >= 0.3 is 6.18 Å². The third-order valence-corrected chi connectivity index (χ3v) is 4.64. The van der Waals surface area contributed by atoms with Crippen LogP contribution in [0.1, 0.15) is 11.1 Å². The second-order valence-electron chi connectivity index (χ2n) is 5.79. The average Bonchev–Trinajstić information content (AvgIpc) is 2.63. The first-order valence-corrected chi connectivity index (χ1v) is 9.04. The lowest BCUT2D eigenvalue weighted by atomic mass is 10.1. The molecule has 1 aliphatic heterocycles. The van der Waals surface area contributed by atoms with Crippen molar-refractivity contribution in [1.29, 1.82) is 0 Å². The largest absolute Gasteiger partial charge is 0.416 e. The van der Waals surface area contributed by atoms with E-state index in [1.54, 1.807) is 5.41 Å². The Bertz CT molecular complexity index is 882. The highest BCUT2D eigenvalue weighted by Crippen LogP contribution is 2.31. The monoisotopic (exact) mass is 392 g/mol. The molecule has 0 unspecified atom stereocenters. The van der Waals surface area contributed by atoms with Crippen LogP contribution >= 0.6 is 11.8 Å². The predicted octanol–water partition coefficient (Wildman–Crippen LogP) is 4.22. The topological polar surface area (TPSA) is 49.4 Å². The van der Waals surface area contributed by atoms with E-state index in [0.717, 1.165) is 17.7 Å². The van der Waals surface area contributed by atoms with Crippen molar-refractivity contribution in [1.82, 2.24) is 4.90 Å². The molecule has 2 amide bonds. The second kappa shape index (κ2) is 7.87. The standard InChI is InChI=1S/C19H15F3N2O2S/c20-19(21,22)14-7-4-8-15(9-14)23-17(25)10-24-16(11-27-12-18(24)26)13-5-2-1-3-6-13/h1-9,11H,10,12H2,(H,23,25). The highest BCUT2D eigenvalue weighted by molar-refractivity contribution is 8.03. The molecule has 27 heavy (non-hydrogen) atoms. The number of nitrogens with zero attached hydrogens (tertiary/aromatic N) is 1. The molecule has 1 heterocycles. The summed E-state index contributed by atoms with van der Waals surface area (Å²) in [6, 6.07) is 13.5. The van der Waals surface area contributed by atoms with Crippen molar-refractivity contribution in [2.24, 2.45) is 0 Å². The number of thioether (sulfide) groups is 1. The minimum Gasteiger partial charge on any atom is -0.325 e. The quantitative estimate of drug-likeness (QED) is 0.848. The van der Waals surface area contributed by atoms with Gasteiger partial charge in [-0.25, -0.2) is 0 Å². The van der Waals surface area contributed by atoms with E-state index in [0.29, 0.717) is 5.70 Å². The Morgan fingerprint density at radius 3 is 2.56 bits per heavy atom. The predicted molar refractivity (Wildman–Crippen MR) is 98.7 cm³/mol. The van der Waals surface area contributed by atoms with Crippen molar-refractivity contribution in [3.8, 4) is 0 Å². The van der Waals surface area contributed by atoms with Crippen LogP contribution in [0.5, 0.6) is 0 Å². The van der Waals surface area contributed by atoms with Crippen LogP contribution in [0.15, 0.2) is 60.0 Å². The van der Waals surface area contributed by atoms with E-state index in [1.807, 2.05) is 30.3 Å². The second-order valence-corrected chi connectivity index (χ2v) is 6.64. The number of halogens is 3. The maximum atomic E-state index is 12.8. The van der Waals surface area contributed by atoms with Gasteiger partial charge < -0.3 is 10.2 Å². The van der Waals surface area contributed by atoms with Crippen molar-refractivity contribution in [2.45, 2.75) is 6.18 Å².